The first-order valence-corrected chi connectivity index (χ1v) is 4.77. The number of hydrogen-bond donors (Lipinski definition) is 1. The highest BCUT2D eigenvalue weighted by atomic mass is 19.1. The quantitative estimate of drug-likeness (QED) is 0.786. The average molecular weight is 221 g/mol. The molecule has 16 heavy (non-hydrogen) atoms. The molecular formula is C11H12FN3O. The van der Waals surface area contributed by atoms with Crippen LogP contribution in [0.5, 0.6) is 0 Å². The summed E-state index contributed by atoms with van der Waals surface area (Å²) in [5, 5.41) is 11.3. The molecule has 0 fully saturated rings. The van der Waals surface area contributed by atoms with E-state index in [2.05, 4.69) is 16.4 Å². The number of nitrogens with one attached hydrogen (secondary N) is 1. The molecule has 84 valence electrons. The number of halogens is 1. The summed E-state index contributed by atoms with van der Waals surface area (Å²) in [5.41, 5.74) is -0.642. The summed E-state index contributed by atoms with van der Waals surface area (Å²) < 4.78 is 12.7. The highest BCUT2D eigenvalue weighted by Gasteiger charge is 2.18. The Morgan fingerprint density at radius 3 is 2.88 bits per heavy atom. The monoisotopic (exact) mass is 221 g/mol. The van der Waals surface area contributed by atoms with Crippen molar-refractivity contribution in [3.05, 3.63) is 29.8 Å². The fourth-order valence-corrected chi connectivity index (χ4v) is 0.966. The molecule has 0 aliphatic carbocycles. The molecule has 0 aromatic carbocycles. The Kier molecular flexibility index (Phi) is 3.56. The van der Waals surface area contributed by atoms with Crippen molar-refractivity contribution in [1.82, 2.24) is 10.3 Å². The molecule has 1 rings (SSSR count). The van der Waals surface area contributed by atoms with Crippen LogP contribution in [0.25, 0.3) is 0 Å². The van der Waals surface area contributed by atoms with E-state index < -0.39 is 17.3 Å². The number of pyridine rings is 1. The van der Waals surface area contributed by atoms with Gasteiger partial charge in [0.25, 0.3) is 5.91 Å². The number of nitriles is 1. The molecule has 0 saturated heterocycles. The van der Waals surface area contributed by atoms with Gasteiger partial charge in [0.15, 0.2) is 0 Å². The Morgan fingerprint density at radius 1 is 1.62 bits per heavy atom. The highest BCUT2D eigenvalue weighted by Crippen LogP contribution is 2.10. The Labute approximate surface area is 93.1 Å². The van der Waals surface area contributed by atoms with Crippen LogP contribution in [0.2, 0.25) is 0 Å². The summed E-state index contributed by atoms with van der Waals surface area (Å²) in [5.74, 6) is -1.19. The maximum absolute atomic E-state index is 12.7. The fraction of sp³-hybridized carbons (Fsp3) is 0.364. The maximum atomic E-state index is 12.7. The minimum absolute atomic E-state index is 0.00809. The van der Waals surface area contributed by atoms with Crippen molar-refractivity contribution in [1.29, 1.82) is 5.26 Å². The summed E-state index contributed by atoms with van der Waals surface area (Å²) in [6, 6.07) is 6.04. The van der Waals surface area contributed by atoms with Crippen LogP contribution in [-0.2, 0) is 0 Å². The molecule has 0 spiro atoms. The van der Waals surface area contributed by atoms with Crippen molar-refractivity contribution in [3.63, 3.8) is 0 Å². The second-order valence-electron chi connectivity index (χ2n) is 4.02. The van der Waals surface area contributed by atoms with Crippen LogP contribution in [0, 0.1) is 22.7 Å². The van der Waals surface area contributed by atoms with Gasteiger partial charge in [-0.15, -0.1) is 0 Å². The van der Waals surface area contributed by atoms with E-state index in [0.29, 0.717) is 0 Å². The third kappa shape index (κ3) is 3.31. The lowest BCUT2D eigenvalue weighted by Gasteiger charge is -2.15. The van der Waals surface area contributed by atoms with Gasteiger partial charge in [-0.2, -0.15) is 9.65 Å². The van der Waals surface area contributed by atoms with E-state index in [-0.39, 0.29) is 12.2 Å². The Morgan fingerprint density at radius 2 is 2.31 bits per heavy atom. The van der Waals surface area contributed by atoms with Crippen molar-refractivity contribution in [2.75, 3.05) is 6.54 Å². The number of amides is 1. The van der Waals surface area contributed by atoms with Gasteiger partial charge in [0.05, 0.1) is 11.5 Å². The summed E-state index contributed by atoms with van der Waals surface area (Å²) in [6.45, 7) is 3.60. The molecule has 0 bridgehead atoms. The van der Waals surface area contributed by atoms with E-state index in [0.717, 1.165) is 6.07 Å². The number of aromatic nitrogens is 1. The van der Waals surface area contributed by atoms with Crippen LogP contribution in [-0.4, -0.2) is 17.4 Å². The minimum atomic E-state index is -0.702. The van der Waals surface area contributed by atoms with Gasteiger partial charge < -0.3 is 5.32 Å². The summed E-state index contributed by atoms with van der Waals surface area (Å²) in [6.07, 6.45) is 0. The molecule has 0 unspecified atom stereocenters. The van der Waals surface area contributed by atoms with Crippen LogP contribution in [0.1, 0.15) is 24.3 Å². The molecule has 1 N–H and O–H groups in total. The van der Waals surface area contributed by atoms with Gasteiger partial charge in [-0.3, -0.25) is 4.79 Å². The normalized spacial score (nSPS) is 10.6. The topological polar surface area (TPSA) is 65.8 Å². The van der Waals surface area contributed by atoms with Crippen molar-refractivity contribution in [2.45, 2.75) is 13.8 Å². The van der Waals surface area contributed by atoms with Crippen LogP contribution in [0.4, 0.5) is 4.39 Å². The van der Waals surface area contributed by atoms with Gasteiger partial charge in [-0.05, 0) is 26.0 Å². The fourth-order valence-electron chi connectivity index (χ4n) is 0.966. The maximum Gasteiger partial charge on any atom is 0.270 e. The molecule has 1 amide bonds. The van der Waals surface area contributed by atoms with E-state index in [1.165, 1.54) is 12.1 Å². The molecule has 0 radical (unpaired) electrons. The summed E-state index contributed by atoms with van der Waals surface area (Å²) in [7, 11) is 0. The molecule has 0 aliphatic heterocycles. The summed E-state index contributed by atoms with van der Waals surface area (Å²) >= 11 is 0. The predicted octanol–water partition coefficient (Wildman–Crippen LogP) is 1.50. The highest BCUT2D eigenvalue weighted by molar-refractivity contribution is 5.92. The number of hydrogen-bond acceptors (Lipinski definition) is 3. The zero-order chi connectivity index (χ0) is 12.2. The molecule has 0 saturated carbocycles. The van der Waals surface area contributed by atoms with Crippen molar-refractivity contribution >= 4 is 5.91 Å². The third-order valence-corrected chi connectivity index (χ3v) is 1.94. The molecule has 1 aromatic rings. The van der Waals surface area contributed by atoms with E-state index in [9.17, 15) is 9.18 Å². The van der Waals surface area contributed by atoms with Gasteiger partial charge >= 0.3 is 0 Å². The third-order valence-electron chi connectivity index (χ3n) is 1.94. The Hall–Kier alpha value is -1.96. The number of carbonyl (C=O) groups is 1. The second-order valence-corrected chi connectivity index (χ2v) is 4.02. The molecule has 1 aromatic heterocycles. The lowest BCUT2D eigenvalue weighted by Crippen LogP contribution is -2.33. The molecule has 1 heterocycles. The van der Waals surface area contributed by atoms with Crippen LogP contribution >= 0.6 is 0 Å². The zero-order valence-electron chi connectivity index (χ0n) is 9.12. The molecule has 4 nitrogen and oxygen atoms in total. The first-order valence-electron chi connectivity index (χ1n) is 4.77. The van der Waals surface area contributed by atoms with Gasteiger partial charge in [0.2, 0.25) is 5.95 Å². The molecular weight excluding hydrogens is 209 g/mol. The average Bonchev–Trinajstić information content (AvgIpc) is 2.26. The number of carbonyl (C=O) groups excluding carboxylic acids is 1. The van der Waals surface area contributed by atoms with Crippen LogP contribution in [0.3, 0.4) is 0 Å². The van der Waals surface area contributed by atoms with Crippen LogP contribution in [0.15, 0.2) is 18.2 Å². The van der Waals surface area contributed by atoms with E-state index >= 15 is 0 Å². The number of rotatable bonds is 3. The lowest BCUT2D eigenvalue weighted by molar-refractivity contribution is 0.0937. The SMILES string of the molecule is CC(C)(C#N)CNC(=O)c1cccc(F)n1. The minimum Gasteiger partial charge on any atom is -0.349 e. The standard InChI is InChI=1S/C11H12FN3O/c1-11(2,6-13)7-14-10(16)8-4-3-5-9(12)15-8/h3-5H,7H2,1-2H3,(H,14,16). The molecule has 0 aliphatic rings. The van der Waals surface area contributed by atoms with E-state index in [1.54, 1.807) is 13.8 Å². The lowest BCUT2D eigenvalue weighted by atomic mass is 9.96. The molecule has 0 atom stereocenters. The summed E-state index contributed by atoms with van der Waals surface area (Å²) in [4.78, 5) is 14.9. The van der Waals surface area contributed by atoms with Crippen LogP contribution < -0.4 is 5.32 Å². The largest absolute Gasteiger partial charge is 0.349 e. The van der Waals surface area contributed by atoms with Crippen molar-refractivity contribution in [3.8, 4) is 6.07 Å². The number of nitrogens with zero attached hydrogens (tertiary/aromatic N) is 2. The van der Waals surface area contributed by atoms with E-state index in [1.807, 2.05) is 0 Å². The van der Waals surface area contributed by atoms with Crippen molar-refractivity contribution < 1.29 is 9.18 Å². The second kappa shape index (κ2) is 4.71. The van der Waals surface area contributed by atoms with Gasteiger partial charge in [0.1, 0.15) is 5.69 Å². The Balaban J connectivity index is 2.64. The predicted molar refractivity (Wildman–Crippen MR) is 55.9 cm³/mol. The van der Waals surface area contributed by atoms with E-state index in [4.69, 9.17) is 5.26 Å². The first kappa shape index (κ1) is 12.1. The smallest absolute Gasteiger partial charge is 0.270 e. The van der Waals surface area contributed by atoms with Gasteiger partial charge in [-0.25, -0.2) is 4.98 Å². The first-order chi connectivity index (χ1) is 7.44. The van der Waals surface area contributed by atoms with Gasteiger partial charge in [0, 0.05) is 6.54 Å². The van der Waals surface area contributed by atoms with Gasteiger partial charge in [-0.1, -0.05) is 6.07 Å². The zero-order valence-corrected chi connectivity index (χ0v) is 9.12. The van der Waals surface area contributed by atoms with Crippen molar-refractivity contribution in [2.24, 2.45) is 5.41 Å². The Bertz CT molecular complexity index is 437. The molecule has 5 heteroatoms.